The molecule has 0 aliphatic carbocycles. The van der Waals surface area contributed by atoms with Crippen LogP contribution in [0.4, 0.5) is 5.95 Å². The Bertz CT molecular complexity index is 343. The molecule has 1 aliphatic heterocycles. The third-order valence-corrected chi connectivity index (χ3v) is 3.42. The van der Waals surface area contributed by atoms with Crippen LogP contribution >= 0.6 is 0 Å². The van der Waals surface area contributed by atoms with Crippen molar-refractivity contribution in [3.05, 3.63) is 5.82 Å². The van der Waals surface area contributed by atoms with Crippen LogP contribution in [-0.4, -0.2) is 39.9 Å². The SMILES string of the molecule is CC1(CN)CCN(c2n[nH]c(CO)n2)CC1. The Balaban J connectivity index is 1.98. The Morgan fingerprint density at radius 1 is 1.50 bits per heavy atom. The van der Waals surface area contributed by atoms with Crippen molar-refractivity contribution in [1.29, 1.82) is 0 Å². The highest BCUT2D eigenvalue weighted by atomic mass is 16.3. The fourth-order valence-electron chi connectivity index (χ4n) is 1.95. The number of piperidine rings is 1. The minimum atomic E-state index is -0.0959. The van der Waals surface area contributed by atoms with E-state index in [0.717, 1.165) is 32.5 Å². The van der Waals surface area contributed by atoms with E-state index in [1.54, 1.807) is 0 Å². The van der Waals surface area contributed by atoms with Gasteiger partial charge in [-0.1, -0.05) is 6.92 Å². The maximum Gasteiger partial charge on any atom is 0.244 e. The molecule has 0 amide bonds. The number of H-pyrrole nitrogens is 1. The number of aliphatic hydroxyl groups is 1. The zero-order chi connectivity index (χ0) is 11.6. The summed E-state index contributed by atoms with van der Waals surface area (Å²) in [4.78, 5) is 6.34. The van der Waals surface area contributed by atoms with Crippen LogP contribution < -0.4 is 10.6 Å². The fourth-order valence-corrected chi connectivity index (χ4v) is 1.95. The molecule has 90 valence electrons. The summed E-state index contributed by atoms with van der Waals surface area (Å²) in [6.07, 6.45) is 2.12. The van der Waals surface area contributed by atoms with Gasteiger partial charge in [-0.05, 0) is 24.8 Å². The molecule has 0 saturated carbocycles. The molecule has 6 heteroatoms. The van der Waals surface area contributed by atoms with Crippen molar-refractivity contribution in [2.24, 2.45) is 11.1 Å². The van der Waals surface area contributed by atoms with Crippen molar-refractivity contribution in [2.45, 2.75) is 26.4 Å². The quantitative estimate of drug-likeness (QED) is 0.666. The second-order valence-corrected chi connectivity index (χ2v) is 4.74. The largest absolute Gasteiger partial charge is 0.388 e. The van der Waals surface area contributed by atoms with E-state index < -0.39 is 0 Å². The second kappa shape index (κ2) is 4.39. The van der Waals surface area contributed by atoms with E-state index in [-0.39, 0.29) is 12.0 Å². The molecule has 2 rings (SSSR count). The lowest BCUT2D eigenvalue weighted by atomic mass is 9.81. The number of nitrogens with two attached hydrogens (primary N) is 1. The molecule has 1 fully saturated rings. The lowest BCUT2D eigenvalue weighted by Gasteiger charge is -2.38. The highest BCUT2D eigenvalue weighted by Crippen LogP contribution is 2.30. The molecule has 1 aliphatic rings. The molecule has 4 N–H and O–H groups in total. The van der Waals surface area contributed by atoms with Gasteiger partial charge in [0.05, 0.1) is 0 Å². The van der Waals surface area contributed by atoms with Crippen LogP contribution in [0.2, 0.25) is 0 Å². The molecule has 2 heterocycles. The Hall–Kier alpha value is -1.14. The van der Waals surface area contributed by atoms with Crippen molar-refractivity contribution in [1.82, 2.24) is 15.2 Å². The summed E-state index contributed by atoms with van der Waals surface area (Å²) in [6.45, 7) is 4.71. The summed E-state index contributed by atoms with van der Waals surface area (Å²) in [5, 5.41) is 15.7. The number of hydrogen-bond acceptors (Lipinski definition) is 5. The number of aromatic nitrogens is 3. The van der Waals surface area contributed by atoms with Gasteiger partial charge in [0, 0.05) is 13.1 Å². The van der Waals surface area contributed by atoms with Gasteiger partial charge in [-0.3, -0.25) is 5.10 Å². The summed E-state index contributed by atoms with van der Waals surface area (Å²) in [6, 6.07) is 0. The molecule has 16 heavy (non-hydrogen) atoms. The normalized spacial score (nSPS) is 20.1. The number of aromatic amines is 1. The van der Waals surface area contributed by atoms with Crippen LogP contribution in [0.15, 0.2) is 0 Å². The van der Waals surface area contributed by atoms with Crippen molar-refractivity contribution >= 4 is 5.95 Å². The van der Waals surface area contributed by atoms with E-state index in [2.05, 4.69) is 27.0 Å². The van der Waals surface area contributed by atoms with Gasteiger partial charge in [-0.15, -0.1) is 5.10 Å². The third-order valence-electron chi connectivity index (χ3n) is 3.42. The minimum Gasteiger partial charge on any atom is -0.388 e. The van der Waals surface area contributed by atoms with E-state index in [1.165, 1.54) is 0 Å². The first-order chi connectivity index (χ1) is 7.67. The number of hydrogen-bond donors (Lipinski definition) is 3. The smallest absolute Gasteiger partial charge is 0.244 e. The lowest BCUT2D eigenvalue weighted by Crippen LogP contribution is -2.42. The lowest BCUT2D eigenvalue weighted by molar-refractivity contribution is 0.257. The Morgan fingerprint density at radius 3 is 2.69 bits per heavy atom. The molecule has 0 spiro atoms. The molecular formula is C10H19N5O. The van der Waals surface area contributed by atoms with Gasteiger partial charge in [0.25, 0.3) is 0 Å². The molecular weight excluding hydrogens is 206 g/mol. The summed E-state index contributed by atoms with van der Waals surface area (Å²) >= 11 is 0. The molecule has 6 nitrogen and oxygen atoms in total. The molecule has 1 saturated heterocycles. The highest BCUT2D eigenvalue weighted by Gasteiger charge is 2.29. The fraction of sp³-hybridized carbons (Fsp3) is 0.800. The van der Waals surface area contributed by atoms with Crippen molar-refractivity contribution in [3.63, 3.8) is 0 Å². The molecule has 0 bridgehead atoms. The first-order valence-corrected chi connectivity index (χ1v) is 5.64. The molecule has 0 atom stereocenters. The van der Waals surface area contributed by atoms with Crippen LogP contribution in [0, 0.1) is 5.41 Å². The second-order valence-electron chi connectivity index (χ2n) is 4.74. The maximum atomic E-state index is 8.90. The molecule has 0 unspecified atom stereocenters. The summed E-state index contributed by atoms with van der Waals surface area (Å²) < 4.78 is 0. The zero-order valence-electron chi connectivity index (χ0n) is 9.61. The summed E-state index contributed by atoms with van der Waals surface area (Å²) in [7, 11) is 0. The van der Waals surface area contributed by atoms with Gasteiger partial charge < -0.3 is 15.7 Å². The van der Waals surface area contributed by atoms with E-state index in [4.69, 9.17) is 10.8 Å². The summed E-state index contributed by atoms with van der Waals surface area (Å²) in [5.74, 6) is 1.20. The average Bonchev–Trinajstić information content (AvgIpc) is 2.79. The van der Waals surface area contributed by atoms with Gasteiger partial charge in [0.15, 0.2) is 5.82 Å². The first-order valence-electron chi connectivity index (χ1n) is 5.64. The number of rotatable bonds is 3. The van der Waals surface area contributed by atoms with Crippen LogP contribution in [0.3, 0.4) is 0 Å². The van der Waals surface area contributed by atoms with Crippen LogP contribution in [0.1, 0.15) is 25.6 Å². The van der Waals surface area contributed by atoms with Crippen molar-refractivity contribution < 1.29 is 5.11 Å². The van der Waals surface area contributed by atoms with E-state index >= 15 is 0 Å². The number of aliphatic hydroxyl groups excluding tert-OH is 1. The molecule has 0 radical (unpaired) electrons. The number of nitrogens with zero attached hydrogens (tertiary/aromatic N) is 3. The van der Waals surface area contributed by atoms with Gasteiger partial charge in [-0.25, -0.2) is 0 Å². The molecule has 1 aromatic rings. The van der Waals surface area contributed by atoms with Crippen molar-refractivity contribution in [3.8, 4) is 0 Å². The topological polar surface area (TPSA) is 91.1 Å². The van der Waals surface area contributed by atoms with Gasteiger partial charge in [0.2, 0.25) is 5.95 Å². The van der Waals surface area contributed by atoms with E-state index in [0.29, 0.717) is 11.8 Å². The minimum absolute atomic E-state index is 0.0959. The first kappa shape index (κ1) is 11.3. The maximum absolute atomic E-state index is 8.90. The van der Waals surface area contributed by atoms with E-state index in [1.807, 2.05) is 0 Å². The standard InChI is InChI=1S/C10H19N5O/c1-10(7-11)2-4-15(5-3-10)9-12-8(6-16)13-14-9/h16H,2-7,11H2,1H3,(H,12,13,14). The van der Waals surface area contributed by atoms with Crippen LogP contribution in [0.25, 0.3) is 0 Å². The third kappa shape index (κ3) is 2.17. The predicted molar refractivity (Wildman–Crippen MR) is 60.9 cm³/mol. The summed E-state index contributed by atoms with van der Waals surface area (Å²) in [5.41, 5.74) is 6.01. The molecule has 0 aromatic carbocycles. The number of anilines is 1. The zero-order valence-corrected chi connectivity index (χ0v) is 9.61. The Labute approximate surface area is 94.9 Å². The monoisotopic (exact) mass is 225 g/mol. The number of nitrogens with one attached hydrogen (secondary N) is 1. The van der Waals surface area contributed by atoms with Gasteiger partial charge in [-0.2, -0.15) is 4.98 Å². The molecule has 1 aromatic heterocycles. The van der Waals surface area contributed by atoms with Crippen LogP contribution in [-0.2, 0) is 6.61 Å². The van der Waals surface area contributed by atoms with Crippen LogP contribution in [0.5, 0.6) is 0 Å². The highest BCUT2D eigenvalue weighted by molar-refractivity contribution is 5.29. The Kier molecular flexibility index (Phi) is 3.11. The van der Waals surface area contributed by atoms with Gasteiger partial charge >= 0.3 is 0 Å². The van der Waals surface area contributed by atoms with Gasteiger partial charge in [0.1, 0.15) is 6.61 Å². The van der Waals surface area contributed by atoms with E-state index in [9.17, 15) is 0 Å². The predicted octanol–water partition coefficient (Wildman–Crippen LogP) is -0.138. The Morgan fingerprint density at radius 2 is 2.19 bits per heavy atom. The average molecular weight is 225 g/mol. The van der Waals surface area contributed by atoms with Crippen molar-refractivity contribution in [2.75, 3.05) is 24.5 Å².